The molecule has 1 aliphatic rings. The van der Waals surface area contributed by atoms with Crippen LogP contribution in [-0.2, 0) is 0 Å². The highest BCUT2D eigenvalue weighted by Crippen LogP contribution is 2.33. The Morgan fingerprint density at radius 1 is 1.33 bits per heavy atom. The van der Waals surface area contributed by atoms with Gasteiger partial charge < -0.3 is 4.98 Å². The summed E-state index contributed by atoms with van der Waals surface area (Å²) in [5.74, 6) is 0. The van der Waals surface area contributed by atoms with E-state index >= 15 is 0 Å². The third kappa shape index (κ3) is 1.87. The quantitative estimate of drug-likeness (QED) is 0.789. The van der Waals surface area contributed by atoms with Crippen LogP contribution in [0.1, 0.15) is 31.4 Å². The standard InChI is InChI=1S/C16H20N2/c1-3-12-8-9-16(18(2)11-12)14-10-17-15-7-5-4-6-13(14)15/h4-8,10,16-17H,3,9,11H2,1-2H3. The van der Waals surface area contributed by atoms with Gasteiger partial charge in [0.2, 0.25) is 0 Å². The summed E-state index contributed by atoms with van der Waals surface area (Å²) in [6.07, 6.45) is 6.90. The summed E-state index contributed by atoms with van der Waals surface area (Å²) in [6, 6.07) is 9.08. The number of likely N-dealkylation sites (N-methyl/N-ethyl adjacent to an activating group) is 1. The molecule has 3 rings (SSSR count). The van der Waals surface area contributed by atoms with Crippen molar-refractivity contribution in [1.29, 1.82) is 0 Å². The number of hydrogen-bond donors (Lipinski definition) is 1. The van der Waals surface area contributed by atoms with Crippen LogP contribution in [0, 0.1) is 0 Å². The van der Waals surface area contributed by atoms with Crippen LogP contribution in [0.2, 0.25) is 0 Å². The van der Waals surface area contributed by atoms with E-state index in [0.717, 1.165) is 13.0 Å². The monoisotopic (exact) mass is 240 g/mol. The summed E-state index contributed by atoms with van der Waals surface area (Å²) < 4.78 is 0. The lowest BCUT2D eigenvalue weighted by atomic mass is 9.95. The highest BCUT2D eigenvalue weighted by Gasteiger charge is 2.22. The average Bonchev–Trinajstić information content (AvgIpc) is 2.82. The van der Waals surface area contributed by atoms with E-state index in [-0.39, 0.29) is 0 Å². The zero-order chi connectivity index (χ0) is 12.5. The number of rotatable bonds is 2. The molecule has 1 unspecified atom stereocenters. The Labute approximate surface area is 108 Å². The van der Waals surface area contributed by atoms with E-state index < -0.39 is 0 Å². The molecular weight excluding hydrogens is 220 g/mol. The van der Waals surface area contributed by atoms with Gasteiger partial charge in [-0.05, 0) is 31.5 Å². The van der Waals surface area contributed by atoms with Gasteiger partial charge in [-0.25, -0.2) is 0 Å². The summed E-state index contributed by atoms with van der Waals surface area (Å²) in [7, 11) is 2.23. The van der Waals surface area contributed by atoms with Gasteiger partial charge in [0.25, 0.3) is 0 Å². The van der Waals surface area contributed by atoms with Gasteiger partial charge in [0.15, 0.2) is 0 Å². The fourth-order valence-electron chi connectivity index (χ4n) is 2.94. The molecule has 2 nitrogen and oxygen atoms in total. The smallest absolute Gasteiger partial charge is 0.0457 e. The van der Waals surface area contributed by atoms with E-state index in [1.54, 1.807) is 5.57 Å². The topological polar surface area (TPSA) is 19.0 Å². The van der Waals surface area contributed by atoms with Gasteiger partial charge in [-0.3, -0.25) is 4.90 Å². The molecule has 1 aromatic heterocycles. The molecular formula is C16H20N2. The molecule has 0 fully saturated rings. The molecule has 1 N–H and O–H groups in total. The predicted octanol–water partition coefficient (Wildman–Crippen LogP) is 3.88. The molecule has 2 heteroatoms. The van der Waals surface area contributed by atoms with Crippen molar-refractivity contribution in [2.75, 3.05) is 13.6 Å². The molecule has 2 heterocycles. The number of para-hydroxylation sites is 1. The predicted molar refractivity (Wildman–Crippen MR) is 76.7 cm³/mol. The lowest BCUT2D eigenvalue weighted by molar-refractivity contribution is 0.252. The number of aromatic nitrogens is 1. The van der Waals surface area contributed by atoms with Crippen molar-refractivity contribution < 1.29 is 0 Å². The number of nitrogens with one attached hydrogen (secondary N) is 1. The van der Waals surface area contributed by atoms with E-state index in [4.69, 9.17) is 0 Å². The Bertz CT molecular complexity index is 580. The van der Waals surface area contributed by atoms with Crippen molar-refractivity contribution in [2.45, 2.75) is 25.8 Å². The molecule has 0 amide bonds. The van der Waals surface area contributed by atoms with Crippen molar-refractivity contribution in [3.63, 3.8) is 0 Å². The van der Waals surface area contributed by atoms with E-state index in [9.17, 15) is 0 Å². The molecule has 18 heavy (non-hydrogen) atoms. The van der Waals surface area contributed by atoms with Crippen LogP contribution in [0.25, 0.3) is 10.9 Å². The SMILES string of the molecule is CCC1=CCC(c2c[nH]c3ccccc23)N(C)C1. The summed E-state index contributed by atoms with van der Waals surface area (Å²) >= 11 is 0. The van der Waals surface area contributed by atoms with E-state index in [1.165, 1.54) is 22.9 Å². The minimum Gasteiger partial charge on any atom is -0.361 e. The zero-order valence-corrected chi connectivity index (χ0v) is 11.1. The van der Waals surface area contributed by atoms with E-state index in [0.29, 0.717) is 6.04 Å². The van der Waals surface area contributed by atoms with Crippen LogP contribution in [0.4, 0.5) is 0 Å². The average molecular weight is 240 g/mol. The van der Waals surface area contributed by atoms with Crippen LogP contribution < -0.4 is 0 Å². The number of aromatic amines is 1. The van der Waals surface area contributed by atoms with Gasteiger partial charge in [0, 0.05) is 29.7 Å². The second-order valence-corrected chi connectivity index (χ2v) is 5.17. The van der Waals surface area contributed by atoms with Gasteiger partial charge in [-0.1, -0.05) is 36.8 Å². The Hall–Kier alpha value is -1.54. The van der Waals surface area contributed by atoms with Crippen molar-refractivity contribution in [3.8, 4) is 0 Å². The second-order valence-electron chi connectivity index (χ2n) is 5.17. The van der Waals surface area contributed by atoms with Crippen molar-refractivity contribution in [2.24, 2.45) is 0 Å². The van der Waals surface area contributed by atoms with E-state index in [1.807, 2.05) is 0 Å². The summed E-state index contributed by atoms with van der Waals surface area (Å²) in [5, 5.41) is 1.36. The molecule has 0 saturated heterocycles. The Kier molecular flexibility index (Phi) is 2.96. The first-order valence-electron chi connectivity index (χ1n) is 6.73. The maximum atomic E-state index is 3.38. The fraction of sp³-hybridized carbons (Fsp3) is 0.375. The number of H-pyrrole nitrogens is 1. The molecule has 0 aliphatic carbocycles. The van der Waals surface area contributed by atoms with Crippen molar-refractivity contribution in [1.82, 2.24) is 9.88 Å². The van der Waals surface area contributed by atoms with Crippen LogP contribution in [0.15, 0.2) is 42.1 Å². The number of hydrogen-bond acceptors (Lipinski definition) is 1. The Morgan fingerprint density at radius 3 is 2.94 bits per heavy atom. The molecule has 0 spiro atoms. The van der Waals surface area contributed by atoms with Crippen LogP contribution in [-0.4, -0.2) is 23.5 Å². The third-order valence-corrected chi connectivity index (χ3v) is 4.05. The van der Waals surface area contributed by atoms with Gasteiger partial charge >= 0.3 is 0 Å². The van der Waals surface area contributed by atoms with Crippen molar-refractivity contribution >= 4 is 10.9 Å². The van der Waals surface area contributed by atoms with Crippen LogP contribution >= 0.6 is 0 Å². The van der Waals surface area contributed by atoms with Crippen LogP contribution in [0.3, 0.4) is 0 Å². The lowest BCUT2D eigenvalue weighted by Crippen LogP contribution is -2.29. The molecule has 0 saturated carbocycles. The molecule has 1 aromatic carbocycles. The molecule has 2 aromatic rings. The first-order valence-corrected chi connectivity index (χ1v) is 6.73. The van der Waals surface area contributed by atoms with Gasteiger partial charge in [-0.15, -0.1) is 0 Å². The first-order chi connectivity index (χ1) is 8.79. The maximum Gasteiger partial charge on any atom is 0.0457 e. The lowest BCUT2D eigenvalue weighted by Gasteiger charge is -2.32. The summed E-state index contributed by atoms with van der Waals surface area (Å²) in [4.78, 5) is 5.85. The summed E-state index contributed by atoms with van der Waals surface area (Å²) in [5.41, 5.74) is 4.24. The molecule has 1 atom stereocenters. The summed E-state index contributed by atoms with van der Waals surface area (Å²) in [6.45, 7) is 3.34. The number of benzene rings is 1. The van der Waals surface area contributed by atoms with Gasteiger partial charge in [0.1, 0.15) is 0 Å². The largest absolute Gasteiger partial charge is 0.361 e. The van der Waals surface area contributed by atoms with Gasteiger partial charge in [-0.2, -0.15) is 0 Å². The first kappa shape index (κ1) is 11.5. The normalized spacial score (nSPS) is 21.2. The zero-order valence-electron chi connectivity index (χ0n) is 11.1. The molecule has 0 radical (unpaired) electrons. The fourth-order valence-corrected chi connectivity index (χ4v) is 2.94. The van der Waals surface area contributed by atoms with Crippen LogP contribution in [0.5, 0.6) is 0 Å². The molecule has 1 aliphatic heterocycles. The number of nitrogens with zero attached hydrogens (tertiary/aromatic N) is 1. The highest BCUT2D eigenvalue weighted by atomic mass is 15.1. The second kappa shape index (κ2) is 4.62. The molecule has 0 bridgehead atoms. The molecule has 94 valence electrons. The van der Waals surface area contributed by atoms with Gasteiger partial charge in [0.05, 0.1) is 0 Å². The minimum absolute atomic E-state index is 0.511. The third-order valence-electron chi connectivity index (χ3n) is 4.05. The van der Waals surface area contributed by atoms with Crippen molar-refractivity contribution in [3.05, 3.63) is 47.7 Å². The Balaban J connectivity index is 1.98. The highest BCUT2D eigenvalue weighted by molar-refractivity contribution is 5.83. The minimum atomic E-state index is 0.511. The van der Waals surface area contributed by atoms with E-state index in [2.05, 4.69) is 60.4 Å². The number of fused-ring (bicyclic) bond motifs is 1. The maximum absolute atomic E-state index is 3.38. The Morgan fingerprint density at radius 2 is 2.17 bits per heavy atom.